The molecule has 0 aliphatic carbocycles. The molecule has 2 nitrogen and oxygen atoms in total. The summed E-state index contributed by atoms with van der Waals surface area (Å²) in [5.74, 6) is -0.531. The van der Waals surface area contributed by atoms with E-state index in [0.717, 1.165) is 12.1 Å². The smallest absolute Gasteiger partial charge is 0.416 e. The molecular weight excluding hydrogens is 269 g/mol. The molecule has 2 aromatic rings. The highest BCUT2D eigenvalue weighted by Gasteiger charge is 2.31. The third-order valence-corrected chi connectivity index (χ3v) is 2.91. The van der Waals surface area contributed by atoms with Crippen molar-refractivity contribution < 1.29 is 22.7 Å². The number of hydrogen-bond acceptors (Lipinski definition) is 2. The van der Waals surface area contributed by atoms with Crippen LogP contribution in [0.5, 0.6) is 0 Å². The van der Waals surface area contributed by atoms with E-state index in [1.165, 1.54) is 0 Å². The number of fused-ring (bicyclic) bond motifs is 1. The topological polar surface area (TPSA) is 26.3 Å². The van der Waals surface area contributed by atoms with E-state index in [0.29, 0.717) is 16.3 Å². The van der Waals surface area contributed by atoms with Crippen LogP contribution in [0.1, 0.15) is 18.1 Å². The van der Waals surface area contributed by atoms with Crippen molar-refractivity contribution in [3.63, 3.8) is 0 Å². The second-order valence-electron chi connectivity index (χ2n) is 4.34. The molecule has 0 atom stereocenters. The number of halogens is 3. The zero-order chi connectivity index (χ0) is 14.8. The predicted octanol–water partition coefficient (Wildman–Crippen LogP) is 3.96. The van der Waals surface area contributed by atoms with Gasteiger partial charge in [-0.15, -0.1) is 0 Å². The summed E-state index contributed by atoms with van der Waals surface area (Å²) < 4.78 is 43.4. The largest absolute Gasteiger partial charge is 0.466 e. The first-order valence-corrected chi connectivity index (χ1v) is 6.16. The van der Waals surface area contributed by atoms with Gasteiger partial charge in [0.15, 0.2) is 0 Å². The zero-order valence-electron chi connectivity index (χ0n) is 10.8. The first kappa shape index (κ1) is 14.4. The molecule has 5 heteroatoms. The van der Waals surface area contributed by atoms with Gasteiger partial charge < -0.3 is 4.74 Å². The number of ether oxygens (including phenoxy) is 1. The molecule has 0 fully saturated rings. The van der Waals surface area contributed by atoms with Crippen LogP contribution in [-0.2, 0) is 22.1 Å². The van der Waals surface area contributed by atoms with Gasteiger partial charge in [-0.25, -0.2) is 0 Å². The molecule has 0 aliphatic heterocycles. The lowest BCUT2D eigenvalue weighted by Gasteiger charge is -2.12. The standard InChI is InChI=1S/C15H13F3O2/c1-2-20-14(19)9-11-8-12(15(16,17)18)7-10-5-3-4-6-13(10)11/h3-8H,2,9H2,1H3. The average Bonchev–Trinajstić information content (AvgIpc) is 2.37. The molecule has 0 radical (unpaired) electrons. The number of carbonyl (C=O) groups excluding carboxylic acids is 1. The number of esters is 1. The van der Waals surface area contributed by atoms with Crippen molar-refractivity contribution in [2.75, 3.05) is 6.61 Å². The quantitative estimate of drug-likeness (QED) is 0.796. The highest BCUT2D eigenvalue weighted by Crippen LogP contribution is 2.33. The lowest BCUT2D eigenvalue weighted by Crippen LogP contribution is -2.10. The van der Waals surface area contributed by atoms with Crippen molar-refractivity contribution in [3.8, 4) is 0 Å². The SMILES string of the molecule is CCOC(=O)Cc1cc(C(F)(F)F)cc2ccccc12. The van der Waals surface area contributed by atoms with Crippen molar-refractivity contribution in [1.82, 2.24) is 0 Å². The van der Waals surface area contributed by atoms with Crippen molar-refractivity contribution in [2.24, 2.45) is 0 Å². The highest BCUT2D eigenvalue weighted by atomic mass is 19.4. The van der Waals surface area contributed by atoms with E-state index in [2.05, 4.69) is 0 Å². The van der Waals surface area contributed by atoms with Crippen LogP contribution in [0, 0.1) is 0 Å². The molecular formula is C15H13F3O2. The molecule has 0 heterocycles. The van der Waals surface area contributed by atoms with Crippen LogP contribution in [0.4, 0.5) is 13.2 Å². The molecule has 0 bridgehead atoms. The first-order valence-electron chi connectivity index (χ1n) is 6.16. The van der Waals surface area contributed by atoms with Crippen LogP contribution in [0.3, 0.4) is 0 Å². The Bertz CT molecular complexity index is 633. The van der Waals surface area contributed by atoms with Crippen LogP contribution < -0.4 is 0 Å². The first-order chi connectivity index (χ1) is 9.41. The van der Waals surface area contributed by atoms with Crippen LogP contribution in [0.15, 0.2) is 36.4 Å². The second kappa shape index (κ2) is 5.53. The molecule has 0 aromatic heterocycles. The third kappa shape index (κ3) is 3.10. The Kier molecular flexibility index (Phi) is 3.97. The minimum atomic E-state index is -4.44. The maximum atomic E-state index is 12.9. The average molecular weight is 282 g/mol. The van der Waals surface area contributed by atoms with Crippen molar-refractivity contribution in [2.45, 2.75) is 19.5 Å². The lowest BCUT2D eigenvalue weighted by atomic mass is 9.98. The van der Waals surface area contributed by atoms with E-state index in [1.807, 2.05) is 0 Å². The molecule has 0 amide bonds. The van der Waals surface area contributed by atoms with E-state index < -0.39 is 17.7 Å². The third-order valence-electron chi connectivity index (χ3n) is 2.91. The lowest BCUT2D eigenvalue weighted by molar-refractivity contribution is -0.142. The van der Waals surface area contributed by atoms with E-state index in [9.17, 15) is 18.0 Å². The van der Waals surface area contributed by atoms with Crippen LogP contribution in [-0.4, -0.2) is 12.6 Å². The minimum absolute atomic E-state index is 0.168. The van der Waals surface area contributed by atoms with Crippen molar-refractivity contribution >= 4 is 16.7 Å². The predicted molar refractivity (Wildman–Crippen MR) is 69.3 cm³/mol. The zero-order valence-corrected chi connectivity index (χ0v) is 10.8. The number of benzene rings is 2. The van der Waals surface area contributed by atoms with Gasteiger partial charge in [-0.2, -0.15) is 13.2 Å². The van der Waals surface area contributed by atoms with Gasteiger partial charge in [-0.05, 0) is 35.4 Å². The fraction of sp³-hybridized carbons (Fsp3) is 0.267. The Morgan fingerprint density at radius 3 is 2.55 bits per heavy atom. The molecule has 2 rings (SSSR count). The molecule has 0 N–H and O–H groups in total. The summed E-state index contributed by atoms with van der Waals surface area (Å²) in [7, 11) is 0. The van der Waals surface area contributed by atoms with E-state index in [4.69, 9.17) is 4.74 Å². The van der Waals surface area contributed by atoms with Gasteiger partial charge in [0, 0.05) is 0 Å². The fourth-order valence-corrected chi connectivity index (χ4v) is 2.07. The summed E-state index contributed by atoms with van der Waals surface area (Å²) in [6.45, 7) is 1.86. The molecule has 20 heavy (non-hydrogen) atoms. The van der Waals surface area contributed by atoms with Gasteiger partial charge in [0.2, 0.25) is 0 Å². The van der Waals surface area contributed by atoms with Gasteiger partial charge in [0.25, 0.3) is 0 Å². The number of carbonyl (C=O) groups is 1. The Morgan fingerprint density at radius 1 is 1.20 bits per heavy atom. The Hall–Kier alpha value is -2.04. The second-order valence-corrected chi connectivity index (χ2v) is 4.34. The fourth-order valence-electron chi connectivity index (χ4n) is 2.07. The molecule has 0 unspecified atom stereocenters. The maximum Gasteiger partial charge on any atom is 0.416 e. The van der Waals surface area contributed by atoms with Crippen LogP contribution in [0.25, 0.3) is 10.8 Å². The summed E-state index contributed by atoms with van der Waals surface area (Å²) in [5, 5.41) is 1.09. The van der Waals surface area contributed by atoms with Crippen molar-refractivity contribution in [3.05, 3.63) is 47.5 Å². The molecule has 0 spiro atoms. The van der Waals surface area contributed by atoms with E-state index in [1.54, 1.807) is 31.2 Å². The molecule has 0 saturated carbocycles. The van der Waals surface area contributed by atoms with Gasteiger partial charge in [0.05, 0.1) is 18.6 Å². The Labute approximate surface area is 114 Å². The van der Waals surface area contributed by atoms with E-state index in [-0.39, 0.29) is 13.0 Å². The summed E-state index contributed by atoms with van der Waals surface area (Å²) in [4.78, 5) is 11.5. The number of rotatable bonds is 3. The normalized spacial score (nSPS) is 11.6. The van der Waals surface area contributed by atoms with Gasteiger partial charge in [-0.3, -0.25) is 4.79 Å². The number of hydrogen-bond donors (Lipinski definition) is 0. The summed E-state index contributed by atoms with van der Waals surface area (Å²) in [6.07, 6.45) is -4.61. The van der Waals surface area contributed by atoms with Gasteiger partial charge in [0.1, 0.15) is 0 Å². The summed E-state index contributed by atoms with van der Waals surface area (Å²) in [5.41, 5.74) is -0.427. The van der Waals surface area contributed by atoms with Gasteiger partial charge in [-0.1, -0.05) is 24.3 Å². The van der Waals surface area contributed by atoms with Crippen LogP contribution >= 0.6 is 0 Å². The summed E-state index contributed by atoms with van der Waals surface area (Å²) >= 11 is 0. The number of alkyl halides is 3. The molecule has 0 aliphatic rings. The monoisotopic (exact) mass is 282 g/mol. The van der Waals surface area contributed by atoms with Crippen LogP contribution in [0.2, 0.25) is 0 Å². The van der Waals surface area contributed by atoms with E-state index >= 15 is 0 Å². The molecule has 2 aromatic carbocycles. The highest BCUT2D eigenvalue weighted by molar-refractivity contribution is 5.89. The van der Waals surface area contributed by atoms with Crippen molar-refractivity contribution in [1.29, 1.82) is 0 Å². The summed E-state index contributed by atoms with van der Waals surface area (Å²) in [6, 6.07) is 8.79. The maximum absolute atomic E-state index is 12.9. The minimum Gasteiger partial charge on any atom is -0.466 e. The molecule has 0 saturated heterocycles. The van der Waals surface area contributed by atoms with Gasteiger partial charge >= 0.3 is 12.1 Å². The Morgan fingerprint density at radius 2 is 1.90 bits per heavy atom. The molecule has 106 valence electrons. The Balaban J connectivity index is 2.52.